The number of amides is 1. The molecule has 2 aliphatic rings. The fourth-order valence-electron chi connectivity index (χ4n) is 3.01. The van der Waals surface area contributed by atoms with Crippen molar-refractivity contribution in [3.05, 3.63) is 0 Å². The van der Waals surface area contributed by atoms with Crippen LogP contribution in [0.1, 0.15) is 13.3 Å². The van der Waals surface area contributed by atoms with Crippen molar-refractivity contribution >= 4 is 5.91 Å². The number of hydrogen-bond donors (Lipinski definition) is 1. The predicted octanol–water partition coefficient (Wildman–Crippen LogP) is 0.708. The Morgan fingerprint density at radius 2 is 2.00 bits per heavy atom. The summed E-state index contributed by atoms with van der Waals surface area (Å²) >= 11 is 0. The molecule has 2 heterocycles. The molecule has 2 saturated heterocycles. The number of halogens is 3. The van der Waals surface area contributed by atoms with Crippen molar-refractivity contribution in [1.29, 1.82) is 0 Å². The predicted molar refractivity (Wildman–Crippen MR) is 75.5 cm³/mol. The normalized spacial score (nSPS) is 26.1. The van der Waals surface area contributed by atoms with E-state index in [-0.39, 0.29) is 0 Å². The van der Waals surface area contributed by atoms with E-state index in [1.165, 1.54) is 0 Å². The van der Waals surface area contributed by atoms with Crippen LogP contribution < -0.4 is 5.32 Å². The summed E-state index contributed by atoms with van der Waals surface area (Å²) in [5.41, 5.74) is 0. The molecule has 2 atom stereocenters. The molecule has 0 aromatic rings. The molecule has 128 valence electrons. The highest BCUT2D eigenvalue weighted by molar-refractivity contribution is 5.81. The summed E-state index contributed by atoms with van der Waals surface area (Å²) in [6.45, 7) is 6.27. The number of nitrogens with one attached hydrogen (secondary N) is 1. The van der Waals surface area contributed by atoms with E-state index >= 15 is 0 Å². The number of hydrogen-bond acceptors (Lipinski definition) is 4. The van der Waals surface area contributed by atoms with Crippen molar-refractivity contribution in [3.63, 3.8) is 0 Å². The van der Waals surface area contributed by atoms with Gasteiger partial charge in [0.1, 0.15) is 6.54 Å². The number of carbonyl (C=O) groups is 1. The Hall–Kier alpha value is -0.860. The van der Waals surface area contributed by atoms with Gasteiger partial charge in [-0.25, -0.2) is 0 Å². The summed E-state index contributed by atoms with van der Waals surface area (Å²) in [4.78, 5) is 16.1. The van der Waals surface area contributed by atoms with E-state index in [2.05, 4.69) is 4.90 Å². The third-order valence-electron chi connectivity index (χ3n) is 4.33. The minimum atomic E-state index is -4.36. The topological polar surface area (TPSA) is 44.8 Å². The molecule has 0 unspecified atom stereocenters. The zero-order valence-corrected chi connectivity index (χ0v) is 12.9. The minimum absolute atomic E-state index is 0.468. The van der Waals surface area contributed by atoms with Gasteiger partial charge in [-0.05, 0) is 25.8 Å². The number of morpholine rings is 1. The van der Waals surface area contributed by atoms with Gasteiger partial charge in [0.15, 0.2) is 0 Å². The van der Waals surface area contributed by atoms with E-state index in [0.717, 1.165) is 52.4 Å². The van der Waals surface area contributed by atoms with Gasteiger partial charge in [-0.15, -0.1) is 0 Å². The highest BCUT2D eigenvalue weighted by Gasteiger charge is 2.33. The molecule has 22 heavy (non-hydrogen) atoms. The first kappa shape index (κ1) is 17.5. The Bertz CT molecular complexity index is 373. The summed E-state index contributed by atoms with van der Waals surface area (Å²) in [7, 11) is 0. The standard InChI is InChI=1S/C14H24F3N3O2/c1-11(13(21)18-10-14(15,16)17)20-3-2-12(9-20)8-19-4-6-22-7-5-19/h11-12H,2-10H2,1H3,(H,18,21)/t11-,12-/m1/s1. The lowest BCUT2D eigenvalue weighted by Gasteiger charge is -2.29. The van der Waals surface area contributed by atoms with Crippen LogP contribution in [-0.2, 0) is 9.53 Å². The number of rotatable bonds is 5. The summed E-state index contributed by atoms with van der Waals surface area (Å²) < 4.78 is 41.7. The summed E-state index contributed by atoms with van der Waals surface area (Å²) in [6.07, 6.45) is -3.38. The maximum absolute atomic E-state index is 12.1. The molecule has 0 aromatic heterocycles. The third-order valence-corrected chi connectivity index (χ3v) is 4.33. The van der Waals surface area contributed by atoms with Gasteiger partial charge in [-0.3, -0.25) is 14.6 Å². The molecule has 2 fully saturated rings. The van der Waals surface area contributed by atoms with Crippen molar-refractivity contribution in [2.75, 3.05) is 52.5 Å². The van der Waals surface area contributed by atoms with Crippen LogP contribution in [0.2, 0.25) is 0 Å². The first-order valence-electron chi connectivity index (χ1n) is 7.74. The SMILES string of the molecule is C[C@H](C(=O)NCC(F)(F)F)N1CC[C@H](CN2CCOCC2)C1. The number of alkyl halides is 3. The molecule has 5 nitrogen and oxygen atoms in total. The van der Waals surface area contributed by atoms with Gasteiger partial charge in [0.05, 0.1) is 19.3 Å². The molecule has 1 amide bonds. The number of nitrogens with zero attached hydrogens (tertiary/aromatic N) is 2. The molecular weight excluding hydrogens is 299 g/mol. The Morgan fingerprint density at radius 1 is 1.32 bits per heavy atom. The van der Waals surface area contributed by atoms with E-state index in [9.17, 15) is 18.0 Å². The monoisotopic (exact) mass is 323 g/mol. The molecule has 1 N–H and O–H groups in total. The van der Waals surface area contributed by atoms with Crippen molar-refractivity contribution in [2.24, 2.45) is 5.92 Å². The Labute approximate surface area is 128 Å². The molecule has 2 aliphatic heterocycles. The quantitative estimate of drug-likeness (QED) is 0.809. The lowest BCUT2D eigenvalue weighted by molar-refractivity contribution is -0.141. The Kier molecular flexibility index (Phi) is 6.05. The van der Waals surface area contributed by atoms with Gasteiger partial charge in [0.2, 0.25) is 5.91 Å². The van der Waals surface area contributed by atoms with Crippen LogP contribution in [0.5, 0.6) is 0 Å². The average Bonchev–Trinajstić information content (AvgIpc) is 2.92. The highest BCUT2D eigenvalue weighted by atomic mass is 19.4. The third kappa shape index (κ3) is 5.40. The van der Waals surface area contributed by atoms with Crippen molar-refractivity contribution in [3.8, 4) is 0 Å². The van der Waals surface area contributed by atoms with Gasteiger partial charge < -0.3 is 10.1 Å². The number of carbonyl (C=O) groups excluding carboxylic acids is 1. The van der Waals surface area contributed by atoms with Crippen LogP contribution in [0, 0.1) is 5.92 Å². The summed E-state index contributed by atoms with van der Waals surface area (Å²) in [6, 6.07) is -0.517. The lowest BCUT2D eigenvalue weighted by atomic mass is 10.1. The molecule has 2 rings (SSSR count). The minimum Gasteiger partial charge on any atom is -0.379 e. The maximum atomic E-state index is 12.1. The maximum Gasteiger partial charge on any atom is 0.405 e. The van der Waals surface area contributed by atoms with E-state index in [1.807, 2.05) is 10.2 Å². The van der Waals surface area contributed by atoms with Crippen LogP contribution in [0.3, 0.4) is 0 Å². The van der Waals surface area contributed by atoms with Gasteiger partial charge in [0, 0.05) is 26.2 Å². The summed E-state index contributed by atoms with van der Waals surface area (Å²) in [5.74, 6) is -0.0830. The first-order valence-corrected chi connectivity index (χ1v) is 7.74. The van der Waals surface area contributed by atoms with Gasteiger partial charge in [-0.1, -0.05) is 0 Å². The molecule has 0 aromatic carbocycles. The van der Waals surface area contributed by atoms with Crippen LogP contribution in [-0.4, -0.2) is 80.4 Å². The number of ether oxygens (including phenoxy) is 1. The van der Waals surface area contributed by atoms with E-state index < -0.39 is 24.7 Å². The zero-order valence-electron chi connectivity index (χ0n) is 12.9. The van der Waals surface area contributed by atoms with Crippen LogP contribution >= 0.6 is 0 Å². The molecule has 0 bridgehead atoms. The fourth-order valence-corrected chi connectivity index (χ4v) is 3.01. The van der Waals surface area contributed by atoms with E-state index in [0.29, 0.717) is 5.92 Å². The van der Waals surface area contributed by atoms with Gasteiger partial charge in [0.25, 0.3) is 0 Å². The summed E-state index contributed by atoms with van der Waals surface area (Å²) in [5, 5.41) is 1.96. The smallest absolute Gasteiger partial charge is 0.379 e. The highest BCUT2D eigenvalue weighted by Crippen LogP contribution is 2.20. The van der Waals surface area contributed by atoms with Gasteiger partial charge >= 0.3 is 6.18 Å². The van der Waals surface area contributed by atoms with Crippen LogP contribution in [0.15, 0.2) is 0 Å². The van der Waals surface area contributed by atoms with Crippen molar-refractivity contribution in [2.45, 2.75) is 25.6 Å². The van der Waals surface area contributed by atoms with E-state index in [4.69, 9.17) is 4.74 Å². The Balaban J connectivity index is 1.73. The largest absolute Gasteiger partial charge is 0.405 e. The second-order valence-electron chi connectivity index (χ2n) is 6.07. The second kappa shape index (κ2) is 7.61. The molecular formula is C14H24F3N3O2. The Morgan fingerprint density at radius 3 is 2.64 bits per heavy atom. The second-order valence-corrected chi connectivity index (χ2v) is 6.07. The van der Waals surface area contributed by atoms with Gasteiger partial charge in [-0.2, -0.15) is 13.2 Å². The number of likely N-dealkylation sites (tertiary alicyclic amines) is 1. The molecule has 0 radical (unpaired) electrons. The molecule has 0 saturated carbocycles. The fraction of sp³-hybridized carbons (Fsp3) is 0.929. The first-order chi connectivity index (χ1) is 10.3. The van der Waals surface area contributed by atoms with Crippen molar-refractivity contribution < 1.29 is 22.7 Å². The molecule has 0 aliphatic carbocycles. The molecule has 0 spiro atoms. The lowest BCUT2D eigenvalue weighted by Crippen LogP contribution is -2.47. The van der Waals surface area contributed by atoms with Crippen LogP contribution in [0.25, 0.3) is 0 Å². The van der Waals surface area contributed by atoms with E-state index in [1.54, 1.807) is 6.92 Å². The van der Waals surface area contributed by atoms with Crippen molar-refractivity contribution in [1.82, 2.24) is 15.1 Å². The zero-order chi connectivity index (χ0) is 16.2. The molecule has 8 heteroatoms. The van der Waals surface area contributed by atoms with Crippen LogP contribution in [0.4, 0.5) is 13.2 Å². The average molecular weight is 323 g/mol.